The summed E-state index contributed by atoms with van der Waals surface area (Å²) in [5.74, 6) is 0.203. The first-order chi connectivity index (χ1) is 7.65. The molecule has 0 aromatic carbocycles. The number of aliphatic carboxylic acids is 1. The van der Waals surface area contributed by atoms with Gasteiger partial charge in [0, 0.05) is 18.4 Å². The largest absolute Gasteiger partial charge is 0.480 e. The lowest BCUT2D eigenvalue weighted by atomic mass is 9.92. The number of carboxylic acids is 1. The smallest absolute Gasteiger partial charge is 0.325 e. The van der Waals surface area contributed by atoms with Crippen LogP contribution < -0.4 is 5.32 Å². The molecule has 2 fully saturated rings. The lowest BCUT2D eigenvalue weighted by molar-refractivity contribution is -0.144. The molecule has 16 heavy (non-hydrogen) atoms. The van der Waals surface area contributed by atoms with Crippen LogP contribution >= 0.6 is 11.8 Å². The lowest BCUT2D eigenvalue weighted by Crippen LogP contribution is -2.57. The molecule has 5 heteroatoms. The van der Waals surface area contributed by atoms with Crippen LogP contribution in [0.25, 0.3) is 0 Å². The Labute approximate surface area is 100 Å². The average molecular weight is 245 g/mol. The van der Waals surface area contributed by atoms with E-state index >= 15 is 0 Å². The highest BCUT2D eigenvalue weighted by Crippen LogP contribution is 2.36. The van der Waals surface area contributed by atoms with Crippen molar-refractivity contribution in [2.24, 2.45) is 0 Å². The third kappa shape index (κ3) is 2.21. The van der Waals surface area contributed by atoms with Gasteiger partial charge in [-0.05, 0) is 25.0 Å². The Morgan fingerprint density at radius 3 is 3.00 bits per heavy atom. The highest BCUT2D eigenvalue weighted by Gasteiger charge is 2.47. The van der Waals surface area contributed by atoms with E-state index in [1.54, 1.807) is 11.8 Å². The van der Waals surface area contributed by atoms with Crippen molar-refractivity contribution in [2.75, 3.05) is 18.9 Å². The SMILES string of the molecule is CC1SCCC1(NCC1CCCO1)C(=O)O. The Hall–Kier alpha value is -0.260. The van der Waals surface area contributed by atoms with Crippen molar-refractivity contribution in [3.05, 3.63) is 0 Å². The molecule has 3 atom stereocenters. The van der Waals surface area contributed by atoms with Gasteiger partial charge in [-0.1, -0.05) is 6.92 Å². The van der Waals surface area contributed by atoms with Crippen molar-refractivity contribution in [3.8, 4) is 0 Å². The van der Waals surface area contributed by atoms with Gasteiger partial charge < -0.3 is 9.84 Å². The normalized spacial score (nSPS) is 39.1. The molecular weight excluding hydrogens is 226 g/mol. The Morgan fingerprint density at radius 1 is 1.69 bits per heavy atom. The Morgan fingerprint density at radius 2 is 2.50 bits per heavy atom. The van der Waals surface area contributed by atoms with Crippen LogP contribution in [0.5, 0.6) is 0 Å². The number of carbonyl (C=O) groups is 1. The minimum Gasteiger partial charge on any atom is -0.480 e. The Kier molecular flexibility index (Phi) is 3.77. The van der Waals surface area contributed by atoms with Crippen molar-refractivity contribution in [2.45, 2.75) is 43.1 Å². The van der Waals surface area contributed by atoms with Crippen molar-refractivity contribution in [1.29, 1.82) is 0 Å². The first kappa shape index (κ1) is 12.2. The van der Waals surface area contributed by atoms with Gasteiger partial charge in [-0.15, -0.1) is 0 Å². The summed E-state index contributed by atoms with van der Waals surface area (Å²) >= 11 is 1.73. The molecule has 2 aliphatic heterocycles. The molecule has 0 spiro atoms. The Bertz CT molecular complexity index is 268. The molecule has 0 radical (unpaired) electrons. The fourth-order valence-corrected chi connectivity index (χ4v) is 3.81. The van der Waals surface area contributed by atoms with Crippen LogP contribution in [-0.4, -0.2) is 46.9 Å². The third-order valence-corrected chi connectivity index (χ3v) is 4.95. The van der Waals surface area contributed by atoms with Crippen LogP contribution in [0.4, 0.5) is 0 Å². The van der Waals surface area contributed by atoms with Gasteiger partial charge in [-0.2, -0.15) is 11.8 Å². The molecule has 4 nitrogen and oxygen atoms in total. The fourth-order valence-electron chi connectivity index (χ4n) is 2.43. The molecule has 0 amide bonds. The van der Waals surface area contributed by atoms with Gasteiger partial charge in [0.1, 0.15) is 5.54 Å². The van der Waals surface area contributed by atoms with Gasteiger partial charge in [-0.3, -0.25) is 10.1 Å². The number of ether oxygens (including phenoxy) is 1. The fraction of sp³-hybridized carbons (Fsp3) is 0.909. The molecule has 2 heterocycles. The number of nitrogens with one attached hydrogen (secondary N) is 1. The molecule has 3 unspecified atom stereocenters. The lowest BCUT2D eigenvalue weighted by Gasteiger charge is -2.30. The molecular formula is C11H19NO3S. The molecule has 2 saturated heterocycles. The second-order valence-corrected chi connectivity index (χ2v) is 6.00. The molecule has 92 valence electrons. The van der Waals surface area contributed by atoms with Crippen molar-refractivity contribution < 1.29 is 14.6 Å². The monoisotopic (exact) mass is 245 g/mol. The maximum absolute atomic E-state index is 11.4. The van der Waals surface area contributed by atoms with Crippen molar-refractivity contribution in [3.63, 3.8) is 0 Å². The molecule has 0 aliphatic carbocycles. The van der Waals surface area contributed by atoms with Gasteiger partial charge >= 0.3 is 5.97 Å². The summed E-state index contributed by atoms with van der Waals surface area (Å²) < 4.78 is 5.51. The molecule has 0 saturated carbocycles. The number of carboxylic acid groups (broad SMARTS) is 1. The molecule has 2 aliphatic rings. The van der Waals surface area contributed by atoms with E-state index in [9.17, 15) is 9.90 Å². The standard InChI is InChI=1S/C11H19NO3S/c1-8-11(10(13)14,4-6-16-8)12-7-9-3-2-5-15-9/h8-9,12H,2-7H2,1H3,(H,13,14). The summed E-state index contributed by atoms with van der Waals surface area (Å²) in [7, 11) is 0. The van der Waals surface area contributed by atoms with Crippen LogP contribution in [0.2, 0.25) is 0 Å². The molecule has 2 rings (SSSR count). The summed E-state index contributed by atoms with van der Waals surface area (Å²) in [5.41, 5.74) is -0.739. The highest BCUT2D eigenvalue weighted by molar-refractivity contribution is 8.00. The van der Waals surface area contributed by atoms with Crippen LogP contribution in [-0.2, 0) is 9.53 Å². The molecule has 0 aromatic rings. The molecule has 0 bridgehead atoms. The zero-order valence-corrected chi connectivity index (χ0v) is 10.4. The van der Waals surface area contributed by atoms with E-state index in [-0.39, 0.29) is 11.4 Å². The summed E-state index contributed by atoms with van der Waals surface area (Å²) in [5, 5.41) is 12.8. The third-order valence-electron chi connectivity index (χ3n) is 3.61. The van der Waals surface area contributed by atoms with E-state index < -0.39 is 11.5 Å². The molecule has 2 N–H and O–H groups in total. The van der Waals surface area contributed by atoms with Crippen LogP contribution in [0, 0.1) is 0 Å². The predicted octanol–water partition coefficient (Wildman–Crippen LogP) is 1.10. The van der Waals surface area contributed by atoms with Crippen LogP contribution in [0.15, 0.2) is 0 Å². The van der Waals surface area contributed by atoms with Crippen LogP contribution in [0.1, 0.15) is 26.2 Å². The number of hydrogen-bond donors (Lipinski definition) is 2. The number of rotatable bonds is 4. The minimum absolute atomic E-state index is 0.131. The maximum Gasteiger partial charge on any atom is 0.325 e. The minimum atomic E-state index is -0.739. The zero-order valence-electron chi connectivity index (χ0n) is 9.57. The predicted molar refractivity (Wildman–Crippen MR) is 63.9 cm³/mol. The van der Waals surface area contributed by atoms with Gasteiger partial charge in [-0.25, -0.2) is 0 Å². The van der Waals surface area contributed by atoms with E-state index in [4.69, 9.17) is 4.74 Å². The van der Waals surface area contributed by atoms with E-state index in [1.807, 2.05) is 6.92 Å². The van der Waals surface area contributed by atoms with Crippen molar-refractivity contribution >= 4 is 17.7 Å². The summed E-state index contributed by atoms with van der Waals surface area (Å²) in [6.45, 7) is 3.47. The average Bonchev–Trinajstić information content (AvgIpc) is 2.85. The summed E-state index contributed by atoms with van der Waals surface area (Å²) in [6.07, 6.45) is 3.05. The topological polar surface area (TPSA) is 58.6 Å². The number of thioether (sulfide) groups is 1. The van der Waals surface area contributed by atoms with Gasteiger partial charge in [0.2, 0.25) is 0 Å². The molecule has 0 aromatic heterocycles. The first-order valence-corrected chi connectivity index (χ1v) is 6.91. The van der Waals surface area contributed by atoms with Crippen molar-refractivity contribution in [1.82, 2.24) is 5.32 Å². The van der Waals surface area contributed by atoms with Gasteiger partial charge in [0.25, 0.3) is 0 Å². The first-order valence-electron chi connectivity index (χ1n) is 5.87. The van der Waals surface area contributed by atoms with E-state index in [2.05, 4.69) is 5.32 Å². The van der Waals surface area contributed by atoms with E-state index in [0.717, 1.165) is 25.2 Å². The number of hydrogen-bond acceptors (Lipinski definition) is 4. The summed E-state index contributed by atoms with van der Waals surface area (Å²) in [6, 6.07) is 0. The Balaban J connectivity index is 1.94. The highest BCUT2D eigenvalue weighted by atomic mass is 32.2. The second kappa shape index (κ2) is 4.94. The second-order valence-electron chi connectivity index (χ2n) is 4.56. The maximum atomic E-state index is 11.4. The van der Waals surface area contributed by atoms with Crippen LogP contribution in [0.3, 0.4) is 0 Å². The quantitative estimate of drug-likeness (QED) is 0.777. The summed E-state index contributed by atoms with van der Waals surface area (Å²) in [4.78, 5) is 11.4. The van der Waals surface area contributed by atoms with E-state index in [1.165, 1.54) is 0 Å². The van der Waals surface area contributed by atoms with Gasteiger partial charge in [0.05, 0.1) is 6.10 Å². The zero-order chi connectivity index (χ0) is 11.6. The van der Waals surface area contributed by atoms with E-state index in [0.29, 0.717) is 13.0 Å². The van der Waals surface area contributed by atoms with Gasteiger partial charge in [0.15, 0.2) is 0 Å².